The van der Waals surface area contributed by atoms with Crippen molar-refractivity contribution >= 4 is 16.0 Å². The Hall–Kier alpha value is -0.620. The maximum Gasteiger partial charge on any atom is 0.309 e. The van der Waals surface area contributed by atoms with Crippen LogP contribution in [0.25, 0.3) is 0 Å². The van der Waals surface area contributed by atoms with Gasteiger partial charge < -0.3 is 4.74 Å². The van der Waals surface area contributed by atoms with Crippen LogP contribution in [0.4, 0.5) is 0 Å². The van der Waals surface area contributed by atoms with E-state index in [0.29, 0.717) is 6.42 Å². The van der Waals surface area contributed by atoms with E-state index in [1.165, 1.54) is 18.5 Å². The summed E-state index contributed by atoms with van der Waals surface area (Å²) in [6.45, 7) is 3.75. The van der Waals surface area contributed by atoms with E-state index in [1.54, 1.807) is 6.92 Å². The molecule has 0 radical (unpaired) electrons. The first-order chi connectivity index (χ1) is 7.35. The standard InChI is InChI=1S/C10H21NO4S/c1-5-6-7-16(13,14)11(3)8-9(2)10(12)15-4/h9H,5-8H2,1-4H3. The van der Waals surface area contributed by atoms with Crippen LogP contribution in [0.1, 0.15) is 26.7 Å². The number of ether oxygens (including phenoxy) is 1. The minimum absolute atomic E-state index is 0.133. The maximum atomic E-state index is 11.7. The molecular formula is C10H21NO4S. The molecule has 0 spiro atoms. The summed E-state index contributed by atoms with van der Waals surface area (Å²) < 4.78 is 29.2. The van der Waals surface area contributed by atoms with Crippen LogP contribution in [0.3, 0.4) is 0 Å². The highest BCUT2D eigenvalue weighted by Crippen LogP contribution is 2.07. The molecule has 0 fully saturated rings. The van der Waals surface area contributed by atoms with Gasteiger partial charge in [-0.15, -0.1) is 0 Å². The van der Waals surface area contributed by atoms with Crippen LogP contribution < -0.4 is 0 Å². The molecule has 0 aliphatic carbocycles. The molecule has 96 valence electrons. The van der Waals surface area contributed by atoms with Gasteiger partial charge >= 0.3 is 5.97 Å². The number of nitrogens with zero attached hydrogens (tertiary/aromatic N) is 1. The van der Waals surface area contributed by atoms with E-state index < -0.39 is 21.9 Å². The van der Waals surface area contributed by atoms with E-state index in [1.807, 2.05) is 6.92 Å². The van der Waals surface area contributed by atoms with Crippen molar-refractivity contribution in [2.75, 3.05) is 26.5 Å². The molecule has 1 atom stereocenters. The molecule has 0 aromatic rings. The average Bonchev–Trinajstić information content (AvgIpc) is 2.24. The Morgan fingerprint density at radius 3 is 2.44 bits per heavy atom. The van der Waals surface area contributed by atoms with Gasteiger partial charge in [-0.25, -0.2) is 12.7 Å². The third kappa shape index (κ3) is 4.94. The lowest BCUT2D eigenvalue weighted by molar-refractivity contribution is -0.144. The number of unbranched alkanes of at least 4 members (excludes halogenated alkanes) is 1. The van der Waals surface area contributed by atoms with Crippen LogP contribution in [0.5, 0.6) is 0 Å². The van der Waals surface area contributed by atoms with Crippen molar-refractivity contribution in [3.63, 3.8) is 0 Å². The van der Waals surface area contributed by atoms with Crippen molar-refractivity contribution in [2.45, 2.75) is 26.7 Å². The second-order valence-corrected chi connectivity index (χ2v) is 6.07. The van der Waals surface area contributed by atoms with Gasteiger partial charge in [0.15, 0.2) is 0 Å². The predicted molar refractivity (Wildman–Crippen MR) is 62.5 cm³/mol. The lowest BCUT2D eigenvalue weighted by atomic mass is 10.2. The number of methoxy groups -OCH3 is 1. The predicted octanol–water partition coefficient (Wildman–Crippen LogP) is 0.857. The molecule has 0 aromatic carbocycles. The van der Waals surface area contributed by atoms with Crippen molar-refractivity contribution in [1.29, 1.82) is 0 Å². The number of carbonyl (C=O) groups excluding carboxylic acids is 1. The van der Waals surface area contributed by atoms with Crippen molar-refractivity contribution in [1.82, 2.24) is 4.31 Å². The summed E-state index contributed by atoms with van der Waals surface area (Å²) >= 11 is 0. The molecule has 0 saturated heterocycles. The highest BCUT2D eigenvalue weighted by molar-refractivity contribution is 7.89. The summed E-state index contributed by atoms with van der Waals surface area (Å²) in [6.07, 6.45) is 1.47. The highest BCUT2D eigenvalue weighted by atomic mass is 32.2. The molecule has 0 aliphatic rings. The van der Waals surface area contributed by atoms with Crippen molar-refractivity contribution in [3.8, 4) is 0 Å². The van der Waals surface area contributed by atoms with Gasteiger partial charge in [-0.05, 0) is 6.42 Å². The Kier molecular flexibility index (Phi) is 6.59. The van der Waals surface area contributed by atoms with Crippen LogP contribution in [-0.4, -0.2) is 45.1 Å². The zero-order valence-corrected chi connectivity index (χ0v) is 11.2. The van der Waals surface area contributed by atoms with Gasteiger partial charge in [0.1, 0.15) is 0 Å². The fourth-order valence-corrected chi connectivity index (χ4v) is 2.67. The van der Waals surface area contributed by atoms with Crippen molar-refractivity contribution in [3.05, 3.63) is 0 Å². The van der Waals surface area contributed by atoms with Crippen LogP contribution in [0.15, 0.2) is 0 Å². The molecule has 0 saturated carbocycles. The fraction of sp³-hybridized carbons (Fsp3) is 0.900. The smallest absolute Gasteiger partial charge is 0.309 e. The van der Waals surface area contributed by atoms with Crippen LogP contribution in [-0.2, 0) is 19.6 Å². The summed E-state index contributed by atoms with van der Waals surface area (Å²) in [6, 6.07) is 0. The lowest BCUT2D eigenvalue weighted by Gasteiger charge is -2.19. The Bertz CT molecular complexity index is 313. The molecule has 0 aliphatic heterocycles. The maximum absolute atomic E-state index is 11.7. The zero-order valence-electron chi connectivity index (χ0n) is 10.4. The Balaban J connectivity index is 4.34. The second kappa shape index (κ2) is 6.85. The van der Waals surface area contributed by atoms with Crippen molar-refractivity contribution in [2.24, 2.45) is 5.92 Å². The molecular weight excluding hydrogens is 230 g/mol. The molecule has 16 heavy (non-hydrogen) atoms. The van der Waals surface area contributed by atoms with E-state index >= 15 is 0 Å². The number of esters is 1. The summed E-state index contributed by atoms with van der Waals surface area (Å²) in [4.78, 5) is 11.1. The number of hydrogen-bond donors (Lipinski definition) is 0. The van der Waals surface area contributed by atoms with Crippen LogP contribution in [0, 0.1) is 5.92 Å². The van der Waals surface area contributed by atoms with Gasteiger partial charge in [-0.3, -0.25) is 4.79 Å². The van der Waals surface area contributed by atoms with E-state index in [0.717, 1.165) is 6.42 Å². The topological polar surface area (TPSA) is 63.7 Å². The first-order valence-electron chi connectivity index (χ1n) is 5.37. The summed E-state index contributed by atoms with van der Waals surface area (Å²) in [5, 5.41) is 0. The van der Waals surface area contributed by atoms with Gasteiger partial charge in [-0.2, -0.15) is 0 Å². The molecule has 0 amide bonds. The zero-order chi connectivity index (χ0) is 12.8. The number of hydrogen-bond acceptors (Lipinski definition) is 4. The number of carbonyl (C=O) groups is 1. The quantitative estimate of drug-likeness (QED) is 0.629. The van der Waals surface area contributed by atoms with Gasteiger partial charge in [0.2, 0.25) is 10.0 Å². The van der Waals surface area contributed by atoms with Crippen LogP contribution in [0.2, 0.25) is 0 Å². The highest BCUT2D eigenvalue weighted by Gasteiger charge is 2.22. The van der Waals surface area contributed by atoms with Crippen molar-refractivity contribution < 1.29 is 17.9 Å². The molecule has 1 unspecified atom stereocenters. The van der Waals surface area contributed by atoms with E-state index in [-0.39, 0.29) is 12.3 Å². The number of sulfonamides is 1. The Morgan fingerprint density at radius 2 is 2.00 bits per heavy atom. The second-order valence-electron chi connectivity index (χ2n) is 3.87. The SMILES string of the molecule is CCCCS(=O)(=O)N(C)CC(C)C(=O)OC. The molecule has 0 rings (SSSR count). The minimum Gasteiger partial charge on any atom is -0.469 e. The first kappa shape index (κ1) is 15.4. The molecule has 0 heterocycles. The fourth-order valence-electron chi connectivity index (χ4n) is 1.26. The number of rotatable bonds is 7. The van der Waals surface area contributed by atoms with E-state index in [9.17, 15) is 13.2 Å². The molecule has 6 heteroatoms. The third-order valence-corrected chi connectivity index (χ3v) is 4.27. The van der Waals surface area contributed by atoms with E-state index in [4.69, 9.17) is 0 Å². The summed E-state index contributed by atoms with van der Waals surface area (Å²) in [7, 11) is -0.447. The average molecular weight is 251 g/mol. The van der Waals surface area contributed by atoms with Crippen LogP contribution >= 0.6 is 0 Å². The molecule has 0 aromatic heterocycles. The molecule has 0 bridgehead atoms. The van der Waals surface area contributed by atoms with Gasteiger partial charge in [-0.1, -0.05) is 20.3 Å². The van der Waals surface area contributed by atoms with Gasteiger partial charge in [0.25, 0.3) is 0 Å². The molecule has 5 nitrogen and oxygen atoms in total. The molecule has 0 N–H and O–H groups in total. The lowest BCUT2D eigenvalue weighted by Crippen LogP contribution is -2.35. The first-order valence-corrected chi connectivity index (χ1v) is 6.98. The van der Waals surface area contributed by atoms with Gasteiger partial charge in [0, 0.05) is 13.6 Å². The normalized spacial score (nSPS) is 13.8. The Labute approximate surface area is 97.8 Å². The van der Waals surface area contributed by atoms with Gasteiger partial charge in [0.05, 0.1) is 18.8 Å². The largest absolute Gasteiger partial charge is 0.469 e. The summed E-state index contributed by atoms with van der Waals surface area (Å²) in [5.41, 5.74) is 0. The monoisotopic (exact) mass is 251 g/mol. The minimum atomic E-state index is -3.23. The third-order valence-electron chi connectivity index (χ3n) is 2.37. The van der Waals surface area contributed by atoms with E-state index in [2.05, 4.69) is 4.74 Å². The summed E-state index contributed by atoms with van der Waals surface area (Å²) in [5.74, 6) is -0.697. The Morgan fingerprint density at radius 1 is 1.44 bits per heavy atom.